The Kier molecular flexibility index (Phi) is 6.13. The molecular formula is C19H29N3O3. The summed E-state index contributed by atoms with van der Waals surface area (Å²) in [6, 6.07) is 3.42. The predicted octanol–water partition coefficient (Wildman–Crippen LogP) is 2.08. The molecule has 0 radical (unpaired) electrons. The molecule has 3 heterocycles. The van der Waals surface area contributed by atoms with E-state index in [2.05, 4.69) is 11.9 Å². The van der Waals surface area contributed by atoms with Crippen LogP contribution in [0.5, 0.6) is 0 Å². The quantitative estimate of drug-likeness (QED) is 0.837. The molecule has 0 aromatic carbocycles. The first kappa shape index (κ1) is 18.0. The van der Waals surface area contributed by atoms with Crippen molar-refractivity contribution in [1.82, 2.24) is 14.7 Å². The average molecular weight is 347 g/mol. The second-order valence-electron chi connectivity index (χ2n) is 7.31. The molecule has 0 unspecified atom stereocenters. The van der Waals surface area contributed by atoms with Gasteiger partial charge in [0, 0.05) is 39.1 Å². The molecule has 0 N–H and O–H groups in total. The van der Waals surface area contributed by atoms with E-state index >= 15 is 0 Å². The Balaban J connectivity index is 1.45. The molecule has 2 amide bonds. The number of likely N-dealkylation sites (tertiary alicyclic amines) is 1. The maximum Gasteiger partial charge on any atom is 0.289 e. The van der Waals surface area contributed by atoms with Gasteiger partial charge in [-0.2, -0.15) is 0 Å². The fourth-order valence-corrected chi connectivity index (χ4v) is 3.92. The first-order valence-corrected chi connectivity index (χ1v) is 9.42. The van der Waals surface area contributed by atoms with Gasteiger partial charge >= 0.3 is 0 Å². The van der Waals surface area contributed by atoms with Gasteiger partial charge in [0.05, 0.1) is 6.26 Å². The molecule has 0 aliphatic carbocycles. The number of hydrogen-bond acceptors (Lipinski definition) is 4. The van der Waals surface area contributed by atoms with Crippen LogP contribution in [0.15, 0.2) is 22.8 Å². The summed E-state index contributed by atoms with van der Waals surface area (Å²) in [5.74, 6) is 1.18. The molecule has 0 saturated carbocycles. The number of nitrogens with zero attached hydrogens (tertiary/aromatic N) is 3. The van der Waals surface area contributed by atoms with E-state index in [-0.39, 0.29) is 11.8 Å². The SMILES string of the molecule is CN1CCC[C@@H](CCC(=O)N2CCCN(C(=O)c3ccco3)CC2)C1. The van der Waals surface area contributed by atoms with Crippen LogP contribution in [0.3, 0.4) is 0 Å². The van der Waals surface area contributed by atoms with Gasteiger partial charge in [-0.3, -0.25) is 9.59 Å². The van der Waals surface area contributed by atoms with Gasteiger partial charge in [0.25, 0.3) is 5.91 Å². The number of amides is 2. The highest BCUT2D eigenvalue weighted by atomic mass is 16.3. The number of piperidine rings is 1. The number of hydrogen-bond donors (Lipinski definition) is 0. The minimum atomic E-state index is -0.0791. The maximum absolute atomic E-state index is 12.6. The number of rotatable bonds is 4. The van der Waals surface area contributed by atoms with Crippen molar-refractivity contribution in [2.75, 3.05) is 46.3 Å². The average Bonchev–Trinajstić information content (AvgIpc) is 3.03. The van der Waals surface area contributed by atoms with Crippen molar-refractivity contribution in [3.63, 3.8) is 0 Å². The Morgan fingerprint density at radius 1 is 1.12 bits per heavy atom. The van der Waals surface area contributed by atoms with E-state index in [0.717, 1.165) is 25.9 Å². The van der Waals surface area contributed by atoms with Crippen molar-refractivity contribution in [3.05, 3.63) is 24.2 Å². The topological polar surface area (TPSA) is 57.0 Å². The van der Waals surface area contributed by atoms with Crippen LogP contribution in [0, 0.1) is 5.92 Å². The van der Waals surface area contributed by atoms with Crippen LogP contribution in [-0.2, 0) is 4.79 Å². The molecule has 25 heavy (non-hydrogen) atoms. The molecule has 1 atom stereocenters. The molecule has 6 heteroatoms. The van der Waals surface area contributed by atoms with Gasteiger partial charge in [0.2, 0.25) is 5.91 Å². The lowest BCUT2D eigenvalue weighted by molar-refractivity contribution is -0.131. The Hall–Kier alpha value is -1.82. The Bertz CT molecular complexity index is 572. The van der Waals surface area contributed by atoms with Crippen LogP contribution >= 0.6 is 0 Å². The molecule has 2 aliphatic rings. The van der Waals surface area contributed by atoms with E-state index in [4.69, 9.17) is 4.42 Å². The zero-order valence-corrected chi connectivity index (χ0v) is 15.2. The molecule has 2 aliphatic heterocycles. The highest BCUT2D eigenvalue weighted by Crippen LogP contribution is 2.20. The van der Waals surface area contributed by atoms with Crippen LogP contribution in [0.1, 0.15) is 42.7 Å². The standard InChI is InChI=1S/C19H29N3O3/c1-20-9-2-5-16(15-20)7-8-18(23)21-10-4-11-22(13-12-21)19(24)17-6-3-14-25-17/h3,6,14,16H,2,4-5,7-13,15H2,1H3/t16-/m0/s1. The zero-order valence-electron chi connectivity index (χ0n) is 15.2. The lowest BCUT2D eigenvalue weighted by Crippen LogP contribution is -2.38. The van der Waals surface area contributed by atoms with Crippen LogP contribution in [-0.4, -0.2) is 72.8 Å². The van der Waals surface area contributed by atoms with Gasteiger partial charge in [-0.1, -0.05) is 0 Å². The molecule has 1 aromatic rings. The molecule has 3 rings (SSSR count). The minimum absolute atomic E-state index is 0.0791. The third-order valence-electron chi connectivity index (χ3n) is 5.36. The molecular weight excluding hydrogens is 318 g/mol. The summed E-state index contributed by atoms with van der Waals surface area (Å²) in [6.07, 6.45) is 6.43. The molecule has 2 fully saturated rings. The highest BCUT2D eigenvalue weighted by Gasteiger charge is 2.25. The van der Waals surface area contributed by atoms with E-state index in [1.165, 1.54) is 25.6 Å². The van der Waals surface area contributed by atoms with Crippen LogP contribution in [0.25, 0.3) is 0 Å². The molecule has 0 spiro atoms. The summed E-state index contributed by atoms with van der Waals surface area (Å²) in [4.78, 5) is 31.0. The fourth-order valence-electron chi connectivity index (χ4n) is 3.92. The maximum atomic E-state index is 12.6. The summed E-state index contributed by atoms with van der Waals surface area (Å²) in [5.41, 5.74) is 0. The zero-order chi connectivity index (χ0) is 17.6. The summed E-state index contributed by atoms with van der Waals surface area (Å²) in [6.45, 7) is 4.91. The van der Waals surface area contributed by atoms with Crippen LogP contribution in [0.2, 0.25) is 0 Å². The Morgan fingerprint density at radius 2 is 1.92 bits per heavy atom. The normalized spacial score (nSPS) is 22.7. The van der Waals surface area contributed by atoms with E-state index in [1.54, 1.807) is 17.0 Å². The van der Waals surface area contributed by atoms with Crippen molar-refractivity contribution in [3.8, 4) is 0 Å². The van der Waals surface area contributed by atoms with Crippen molar-refractivity contribution in [1.29, 1.82) is 0 Å². The molecule has 1 aromatic heterocycles. The largest absolute Gasteiger partial charge is 0.459 e. The molecule has 138 valence electrons. The number of furan rings is 1. The van der Waals surface area contributed by atoms with Crippen molar-refractivity contribution in [2.24, 2.45) is 5.92 Å². The smallest absolute Gasteiger partial charge is 0.289 e. The van der Waals surface area contributed by atoms with Crippen LogP contribution in [0.4, 0.5) is 0 Å². The first-order valence-electron chi connectivity index (χ1n) is 9.42. The van der Waals surface area contributed by atoms with Gasteiger partial charge in [-0.05, 0) is 57.3 Å². The summed E-state index contributed by atoms with van der Waals surface area (Å²) in [5, 5.41) is 0. The third kappa shape index (κ3) is 4.84. The van der Waals surface area contributed by atoms with Crippen molar-refractivity contribution >= 4 is 11.8 Å². The van der Waals surface area contributed by atoms with Crippen molar-refractivity contribution < 1.29 is 14.0 Å². The molecule has 2 saturated heterocycles. The second-order valence-corrected chi connectivity index (χ2v) is 7.31. The van der Waals surface area contributed by atoms with Crippen LogP contribution < -0.4 is 0 Å². The summed E-state index contributed by atoms with van der Waals surface area (Å²) >= 11 is 0. The van der Waals surface area contributed by atoms with Gasteiger partial charge in [-0.15, -0.1) is 0 Å². The highest BCUT2D eigenvalue weighted by molar-refractivity contribution is 5.91. The first-order chi connectivity index (χ1) is 12.1. The van der Waals surface area contributed by atoms with Gasteiger partial charge in [-0.25, -0.2) is 0 Å². The number of carbonyl (C=O) groups excluding carboxylic acids is 2. The van der Waals surface area contributed by atoms with Gasteiger partial charge < -0.3 is 19.1 Å². The molecule has 6 nitrogen and oxygen atoms in total. The predicted molar refractivity (Wildman–Crippen MR) is 95.3 cm³/mol. The van der Waals surface area contributed by atoms with E-state index in [1.807, 2.05) is 4.90 Å². The lowest BCUT2D eigenvalue weighted by Gasteiger charge is -2.30. The monoisotopic (exact) mass is 347 g/mol. The van der Waals surface area contributed by atoms with Crippen molar-refractivity contribution in [2.45, 2.75) is 32.1 Å². The summed E-state index contributed by atoms with van der Waals surface area (Å²) in [7, 11) is 2.16. The van der Waals surface area contributed by atoms with Gasteiger partial charge in [0.15, 0.2) is 5.76 Å². The minimum Gasteiger partial charge on any atom is -0.459 e. The van der Waals surface area contributed by atoms with Gasteiger partial charge in [0.1, 0.15) is 0 Å². The third-order valence-corrected chi connectivity index (χ3v) is 5.36. The summed E-state index contributed by atoms with van der Waals surface area (Å²) < 4.78 is 5.20. The lowest BCUT2D eigenvalue weighted by atomic mass is 9.93. The molecule has 0 bridgehead atoms. The van der Waals surface area contributed by atoms with E-state index in [0.29, 0.717) is 37.7 Å². The Morgan fingerprint density at radius 3 is 2.68 bits per heavy atom. The van der Waals surface area contributed by atoms with E-state index in [9.17, 15) is 9.59 Å². The second kappa shape index (κ2) is 8.52. The van der Waals surface area contributed by atoms with E-state index < -0.39 is 0 Å². The fraction of sp³-hybridized carbons (Fsp3) is 0.684. The number of carbonyl (C=O) groups is 2. The Labute approximate surface area is 149 Å².